The molecule has 4 aromatic rings. The molecule has 6 heterocycles. The Morgan fingerprint density at radius 2 is 1.04 bits per heavy atom. The number of aromatic nitrogens is 8. The summed E-state index contributed by atoms with van der Waals surface area (Å²) in [6.07, 6.45) is -7.18. The van der Waals surface area contributed by atoms with Gasteiger partial charge in [0.15, 0.2) is 51.6 Å². The fraction of sp³-hybridized carbons (Fsp3) is 0.565. The molecule has 6 rings (SSSR count). The van der Waals surface area contributed by atoms with Crippen LogP contribution in [-0.2, 0) is 45.4 Å². The molecule has 2 aliphatic heterocycles. The average molecular weight is 927 g/mol. The molecule has 0 saturated carbocycles. The Kier molecular flexibility index (Phi) is 13.0. The van der Waals surface area contributed by atoms with Gasteiger partial charge in [-0.15, -0.1) is 0 Å². The van der Waals surface area contributed by atoms with Gasteiger partial charge in [-0.1, -0.05) is 23.5 Å². The highest BCUT2D eigenvalue weighted by atomic mass is 32.2. The second-order valence-corrected chi connectivity index (χ2v) is 21.0. The molecule has 2 fully saturated rings. The first kappa shape index (κ1) is 44.3. The maximum atomic E-state index is 12.6. The largest absolute Gasteiger partial charge is 0.479 e. The zero-order valence-electron chi connectivity index (χ0n) is 28.9. The van der Waals surface area contributed by atoms with Crippen molar-refractivity contribution in [2.24, 2.45) is 0 Å². The molecule has 2 saturated heterocycles. The third-order valence-electron chi connectivity index (χ3n) is 8.07. The molecule has 57 heavy (non-hydrogen) atoms. The molecule has 2 aliphatic rings. The predicted molar refractivity (Wildman–Crippen MR) is 193 cm³/mol. The fourth-order valence-electron chi connectivity index (χ4n) is 5.57. The molecule has 12 N–H and O–H groups in total. The molecule has 4 aromatic heterocycles. The number of ether oxygens (including phenoxy) is 2. The van der Waals surface area contributed by atoms with E-state index in [1.165, 1.54) is 21.8 Å². The topological polar surface area (TPSA) is 425 Å². The SMILES string of the molecule is CSc1nc(N)c2ncn([C@@H]3O[C@H](COP(=O)(O)OP(=O)(O)CP(=O)(O)OP(=O)(O)OC[C@H]4O[C@@H](n5cnc6c(N)nc(SC)nc65)[C@H](O)[C@@H]4O)[C@@H](O)[C@H]3O)c2n1. The number of nitrogen functional groups attached to an aromatic ring is 2. The number of hydrogen-bond acceptors (Lipinski definition) is 24. The van der Waals surface area contributed by atoms with E-state index < -0.39 is 99.0 Å². The second-order valence-electron chi connectivity index (χ2n) is 12.0. The van der Waals surface area contributed by atoms with Crippen LogP contribution >= 0.6 is 54.4 Å². The van der Waals surface area contributed by atoms with Gasteiger partial charge in [-0.3, -0.25) is 27.3 Å². The fourth-order valence-corrected chi connectivity index (χ4v) is 13.1. The van der Waals surface area contributed by atoms with Crippen LogP contribution in [0.5, 0.6) is 0 Å². The van der Waals surface area contributed by atoms with Gasteiger partial charge in [0.25, 0.3) is 0 Å². The number of aliphatic hydroxyl groups excluding tert-OH is 4. The lowest BCUT2D eigenvalue weighted by atomic mass is 10.1. The number of nitrogens with zero attached hydrogens (tertiary/aromatic N) is 8. The summed E-state index contributed by atoms with van der Waals surface area (Å²) in [6, 6.07) is 0. The number of thioether (sulfide) groups is 2. The van der Waals surface area contributed by atoms with Gasteiger partial charge in [0, 0.05) is 0 Å². The molecule has 0 spiro atoms. The predicted octanol–water partition coefficient (Wildman–Crippen LogP) is -0.892. The van der Waals surface area contributed by atoms with Crippen LogP contribution < -0.4 is 11.5 Å². The first-order chi connectivity index (χ1) is 26.5. The zero-order chi connectivity index (χ0) is 41.8. The number of phosphoric ester groups is 2. The van der Waals surface area contributed by atoms with Crippen LogP contribution in [0.15, 0.2) is 23.0 Å². The number of phosphoric acid groups is 2. The minimum absolute atomic E-state index is 0.0107. The Balaban J connectivity index is 1.02. The van der Waals surface area contributed by atoms with Crippen LogP contribution in [-0.4, -0.2) is 147 Å². The van der Waals surface area contributed by atoms with Crippen LogP contribution in [0.2, 0.25) is 0 Å². The molecule has 4 unspecified atom stereocenters. The van der Waals surface area contributed by atoms with E-state index in [-0.39, 0.29) is 44.3 Å². The molecule has 0 bridgehead atoms. The van der Waals surface area contributed by atoms with Crippen LogP contribution in [0, 0.1) is 0 Å². The summed E-state index contributed by atoms with van der Waals surface area (Å²) in [6.45, 7) is -2.12. The third kappa shape index (κ3) is 9.71. The van der Waals surface area contributed by atoms with Crippen molar-refractivity contribution in [1.29, 1.82) is 0 Å². The van der Waals surface area contributed by atoms with Crippen LogP contribution in [0.1, 0.15) is 12.5 Å². The van der Waals surface area contributed by atoms with Crippen molar-refractivity contribution < 1.29 is 85.4 Å². The summed E-state index contributed by atoms with van der Waals surface area (Å²) < 4.78 is 81.7. The number of hydrogen-bond donors (Lipinski definition) is 10. The minimum atomic E-state index is -5.71. The summed E-state index contributed by atoms with van der Waals surface area (Å²) in [5.74, 6) is -2.03. The van der Waals surface area contributed by atoms with Gasteiger partial charge in [-0.2, -0.15) is 0 Å². The zero-order valence-corrected chi connectivity index (χ0v) is 34.1. The summed E-state index contributed by atoms with van der Waals surface area (Å²) in [5.41, 5.74) is 12.3. The highest BCUT2D eigenvalue weighted by molar-refractivity contribution is 7.98. The van der Waals surface area contributed by atoms with E-state index in [2.05, 4.69) is 47.6 Å². The number of aliphatic hydroxyl groups is 4. The molecular formula is C23H34N10O18P4S2. The van der Waals surface area contributed by atoms with E-state index in [4.69, 9.17) is 20.9 Å². The number of nitrogens with two attached hydrogens (primary N) is 2. The smallest absolute Gasteiger partial charge is 0.387 e. The monoisotopic (exact) mass is 926 g/mol. The van der Waals surface area contributed by atoms with Gasteiger partial charge in [0.1, 0.15) is 47.7 Å². The van der Waals surface area contributed by atoms with Crippen molar-refractivity contribution in [2.45, 2.75) is 59.4 Å². The highest BCUT2D eigenvalue weighted by Crippen LogP contribution is 2.70. The van der Waals surface area contributed by atoms with Crippen molar-refractivity contribution in [3.8, 4) is 0 Å². The molecule has 0 aromatic carbocycles. The van der Waals surface area contributed by atoms with Gasteiger partial charge in [0.05, 0.1) is 25.9 Å². The molecule has 0 aliphatic carbocycles. The maximum Gasteiger partial charge on any atom is 0.479 e. The Morgan fingerprint density at radius 3 is 1.39 bits per heavy atom. The Hall–Kier alpha value is -2.24. The Morgan fingerprint density at radius 1 is 0.667 bits per heavy atom. The number of anilines is 2. The van der Waals surface area contributed by atoms with Crippen LogP contribution in [0.3, 0.4) is 0 Å². The van der Waals surface area contributed by atoms with E-state index in [1.807, 2.05) is 0 Å². The first-order valence-corrected chi connectivity index (χ1v) is 24.6. The summed E-state index contributed by atoms with van der Waals surface area (Å²) in [5, 5.41) is 42.9. The van der Waals surface area contributed by atoms with Gasteiger partial charge < -0.3 is 60.9 Å². The van der Waals surface area contributed by atoms with E-state index >= 15 is 0 Å². The highest BCUT2D eigenvalue weighted by Gasteiger charge is 2.49. The molecule has 0 radical (unpaired) electrons. The molecular weight excluding hydrogens is 892 g/mol. The molecule has 12 atom stereocenters. The van der Waals surface area contributed by atoms with Crippen molar-refractivity contribution in [3.63, 3.8) is 0 Å². The van der Waals surface area contributed by atoms with Gasteiger partial charge in [0.2, 0.25) is 0 Å². The first-order valence-electron chi connectivity index (χ1n) is 15.7. The molecule has 28 nitrogen and oxygen atoms in total. The van der Waals surface area contributed by atoms with Crippen molar-refractivity contribution >= 4 is 88.3 Å². The molecule has 0 amide bonds. The Bertz CT molecular complexity index is 2190. The summed E-state index contributed by atoms with van der Waals surface area (Å²) in [4.78, 5) is 65.3. The van der Waals surface area contributed by atoms with Gasteiger partial charge in [-0.05, 0) is 12.5 Å². The van der Waals surface area contributed by atoms with Crippen LogP contribution in [0.25, 0.3) is 22.3 Å². The average Bonchev–Trinajstić information content (AvgIpc) is 3.86. The maximum absolute atomic E-state index is 12.6. The van der Waals surface area contributed by atoms with E-state index in [9.17, 15) is 58.3 Å². The number of imidazole rings is 2. The third-order valence-corrected chi connectivity index (χ3v) is 16.7. The second kappa shape index (κ2) is 16.7. The lowest BCUT2D eigenvalue weighted by Gasteiger charge is -2.22. The summed E-state index contributed by atoms with van der Waals surface area (Å²) in [7, 11) is -22.7. The molecule has 316 valence electrons. The van der Waals surface area contributed by atoms with Crippen molar-refractivity contribution in [3.05, 3.63) is 12.7 Å². The van der Waals surface area contributed by atoms with Gasteiger partial charge in [-0.25, -0.2) is 47.7 Å². The van der Waals surface area contributed by atoms with E-state index in [0.717, 1.165) is 23.5 Å². The number of fused-ring (bicyclic) bond motifs is 2. The minimum Gasteiger partial charge on any atom is -0.387 e. The van der Waals surface area contributed by atoms with E-state index in [1.54, 1.807) is 12.5 Å². The quantitative estimate of drug-likeness (QED) is 0.0370. The standard InChI is InChI=1S/C23H34N10O18P4S2/c1-56-22-28-16(24)10-18(30-22)32(5-26-10)20-14(36)12(34)8(48-20)3-46-54(42,43)50-52(38,39)7-53(40,41)51-55(44,45)47-4-9-13(35)15(37)21(49-9)33-6-27-11-17(25)29-23(57-2)31-19(11)33/h5-6,8-9,12-15,20-21,34-37H,3-4,7H2,1-2H3,(H,38,39)(H,40,41)(H,42,43)(H,44,45)(H2,24,28,30)(H2,25,29,31)/t8-,9-,12-,13-,14-,15-,20-,21-/m1/s1. The molecule has 34 heteroatoms. The number of rotatable bonds is 16. The van der Waals surface area contributed by atoms with Crippen molar-refractivity contribution in [2.75, 3.05) is 43.1 Å². The van der Waals surface area contributed by atoms with Gasteiger partial charge >= 0.3 is 30.8 Å². The Labute approximate surface area is 327 Å². The normalized spacial score (nSPS) is 29.6. The lowest BCUT2D eigenvalue weighted by molar-refractivity contribution is -0.0502. The van der Waals surface area contributed by atoms with E-state index in [0.29, 0.717) is 0 Å². The van der Waals surface area contributed by atoms with Crippen molar-refractivity contribution in [1.82, 2.24) is 39.0 Å². The lowest BCUT2D eigenvalue weighted by Crippen LogP contribution is -2.33. The van der Waals surface area contributed by atoms with Crippen LogP contribution in [0.4, 0.5) is 11.6 Å². The summed E-state index contributed by atoms with van der Waals surface area (Å²) >= 11 is 2.30.